The number of aromatic nitrogens is 1. The number of rotatable bonds is 6. The SMILES string of the molecule is Cc1c(CC(=O)N/N=C/c2c(O)ccc3ccccc23)c2ccccc2n1Cc1ccccc1. The smallest absolute Gasteiger partial charge is 0.244 e. The maximum Gasteiger partial charge on any atom is 0.244 e. The maximum absolute atomic E-state index is 12.8. The zero-order valence-corrected chi connectivity index (χ0v) is 18.9. The summed E-state index contributed by atoms with van der Waals surface area (Å²) in [5.41, 5.74) is 7.59. The maximum atomic E-state index is 12.8. The molecule has 0 radical (unpaired) electrons. The lowest BCUT2D eigenvalue weighted by Gasteiger charge is -2.09. The van der Waals surface area contributed by atoms with Gasteiger partial charge in [0.25, 0.3) is 0 Å². The number of nitrogens with zero attached hydrogens (tertiary/aromatic N) is 2. The average molecular weight is 448 g/mol. The molecule has 5 heteroatoms. The van der Waals surface area contributed by atoms with Gasteiger partial charge in [-0.05, 0) is 41.0 Å². The number of hydrogen-bond acceptors (Lipinski definition) is 3. The number of fused-ring (bicyclic) bond motifs is 2. The van der Waals surface area contributed by atoms with Crippen LogP contribution in [0.1, 0.15) is 22.4 Å². The summed E-state index contributed by atoms with van der Waals surface area (Å²) < 4.78 is 2.25. The molecule has 5 rings (SSSR count). The lowest BCUT2D eigenvalue weighted by molar-refractivity contribution is -0.120. The number of hydrazone groups is 1. The number of carbonyl (C=O) groups is 1. The first-order valence-corrected chi connectivity index (χ1v) is 11.2. The molecule has 0 atom stereocenters. The van der Waals surface area contributed by atoms with Crippen LogP contribution in [0.2, 0.25) is 0 Å². The number of para-hydroxylation sites is 1. The molecule has 1 heterocycles. The number of phenols is 1. The zero-order valence-electron chi connectivity index (χ0n) is 18.9. The van der Waals surface area contributed by atoms with Gasteiger partial charge in [-0.1, -0.05) is 78.9 Å². The number of hydrogen-bond donors (Lipinski definition) is 2. The number of phenolic OH excluding ortho intramolecular Hbond substituents is 1. The minimum absolute atomic E-state index is 0.122. The highest BCUT2D eigenvalue weighted by molar-refractivity contribution is 6.02. The van der Waals surface area contributed by atoms with Crippen LogP contribution < -0.4 is 5.43 Å². The van der Waals surface area contributed by atoms with Gasteiger partial charge in [-0.25, -0.2) is 5.43 Å². The highest BCUT2D eigenvalue weighted by Gasteiger charge is 2.16. The van der Waals surface area contributed by atoms with Crippen molar-refractivity contribution >= 4 is 33.8 Å². The van der Waals surface area contributed by atoms with Gasteiger partial charge in [-0.2, -0.15) is 5.10 Å². The van der Waals surface area contributed by atoms with Crippen LogP contribution in [-0.2, 0) is 17.8 Å². The molecular formula is C29H25N3O2. The van der Waals surface area contributed by atoms with E-state index in [0.717, 1.165) is 39.5 Å². The highest BCUT2D eigenvalue weighted by atomic mass is 16.3. The summed E-state index contributed by atoms with van der Waals surface area (Å²) in [4.78, 5) is 12.8. The van der Waals surface area contributed by atoms with Gasteiger partial charge in [0.2, 0.25) is 5.91 Å². The van der Waals surface area contributed by atoms with Gasteiger partial charge >= 0.3 is 0 Å². The Morgan fingerprint density at radius 1 is 0.912 bits per heavy atom. The third-order valence-corrected chi connectivity index (χ3v) is 6.21. The second-order valence-corrected chi connectivity index (χ2v) is 8.34. The lowest BCUT2D eigenvalue weighted by atomic mass is 10.0. The minimum atomic E-state index is -0.207. The molecule has 34 heavy (non-hydrogen) atoms. The van der Waals surface area contributed by atoms with Crippen molar-refractivity contribution in [2.75, 3.05) is 0 Å². The molecule has 4 aromatic carbocycles. The number of aromatic hydroxyl groups is 1. The second-order valence-electron chi connectivity index (χ2n) is 8.34. The zero-order chi connectivity index (χ0) is 23.5. The molecule has 0 unspecified atom stereocenters. The molecule has 0 aliphatic carbocycles. The Kier molecular flexibility index (Phi) is 5.83. The van der Waals surface area contributed by atoms with E-state index in [-0.39, 0.29) is 18.1 Å². The Morgan fingerprint density at radius 3 is 2.44 bits per heavy atom. The number of nitrogens with one attached hydrogen (secondary N) is 1. The largest absolute Gasteiger partial charge is 0.507 e. The predicted molar refractivity (Wildman–Crippen MR) is 137 cm³/mol. The Balaban J connectivity index is 1.38. The van der Waals surface area contributed by atoms with Gasteiger partial charge in [0.05, 0.1) is 12.6 Å². The first-order chi connectivity index (χ1) is 16.6. The first kappa shape index (κ1) is 21.5. The monoisotopic (exact) mass is 447 g/mol. The number of carbonyl (C=O) groups excluding carboxylic acids is 1. The van der Waals surface area contributed by atoms with Crippen LogP contribution in [-0.4, -0.2) is 21.8 Å². The van der Waals surface area contributed by atoms with Crippen LogP contribution in [0.25, 0.3) is 21.7 Å². The average Bonchev–Trinajstić information content (AvgIpc) is 3.12. The van der Waals surface area contributed by atoms with Crippen molar-refractivity contribution in [2.24, 2.45) is 5.10 Å². The van der Waals surface area contributed by atoms with Crippen molar-refractivity contribution in [3.63, 3.8) is 0 Å². The normalized spacial score (nSPS) is 11.4. The van der Waals surface area contributed by atoms with Crippen LogP contribution in [0.5, 0.6) is 5.75 Å². The van der Waals surface area contributed by atoms with Crippen LogP contribution >= 0.6 is 0 Å². The van der Waals surface area contributed by atoms with Gasteiger partial charge in [0, 0.05) is 28.7 Å². The molecule has 0 saturated carbocycles. The van der Waals surface area contributed by atoms with E-state index >= 15 is 0 Å². The molecule has 168 valence electrons. The Bertz CT molecular complexity index is 1520. The summed E-state index contributed by atoms with van der Waals surface area (Å²) in [6.45, 7) is 2.80. The molecule has 1 amide bonds. The van der Waals surface area contributed by atoms with Gasteiger partial charge in [0.15, 0.2) is 0 Å². The summed E-state index contributed by atoms with van der Waals surface area (Å²) >= 11 is 0. The topological polar surface area (TPSA) is 66.6 Å². The van der Waals surface area contributed by atoms with E-state index in [1.807, 2.05) is 60.7 Å². The Labute approximate surface area is 198 Å². The Morgan fingerprint density at radius 2 is 1.62 bits per heavy atom. The molecule has 1 aromatic heterocycles. The fraction of sp³-hybridized carbons (Fsp3) is 0.103. The lowest BCUT2D eigenvalue weighted by Crippen LogP contribution is -2.20. The molecule has 0 aliphatic heterocycles. The van der Waals surface area contributed by atoms with Crippen LogP contribution in [0.3, 0.4) is 0 Å². The second kappa shape index (κ2) is 9.24. The summed E-state index contributed by atoms with van der Waals surface area (Å²) in [6.07, 6.45) is 1.72. The summed E-state index contributed by atoms with van der Waals surface area (Å²) in [6, 6.07) is 29.7. The summed E-state index contributed by atoms with van der Waals surface area (Å²) in [7, 11) is 0. The molecular weight excluding hydrogens is 422 g/mol. The molecule has 0 fully saturated rings. The highest BCUT2D eigenvalue weighted by Crippen LogP contribution is 2.28. The van der Waals surface area contributed by atoms with E-state index < -0.39 is 0 Å². The van der Waals surface area contributed by atoms with Crippen molar-refractivity contribution in [3.8, 4) is 5.75 Å². The van der Waals surface area contributed by atoms with E-state index in [0.29, 0.717) is 5.56 Å². The molecule has 0 saturated heterocycles. The molecule has 0 spiro atoms. The third-order valence-electron chi connectivity index (χ3n) is 6.21. The van der Waals surface area contributed by atoms with Crippen LogP contribution in [0.4, 0.5) is 0 Å². The summed E-state index contributed by atoms with van der Waals surface area (Å²) in [5.74, 6) is -0.0850. The van der Waals surface area contributed by atoms with E-state index in [2.05, 4.69) is 46.3 Å². The van der Waals surface area contributed by atoms with Crippen molar-refractivity contribution in [3.05, 3.63) is 113 Å². The Hall–Kier alpha value is -4.38. The van der Waals surface area contributed by atoms with Gasteiger partial charge in [-0.15, -0.1) is 0 Å². The van der Waals surface area contributed by atoms with Crippen molar-refractivity contribution in [2.45, 2.75) is 19.9 Å². The standard InChI is InChI=1S/C29H25N3O2/c1-20-25(24-13-7-8-14-27(24)32(20)19-21-9-3-2-4-10-21)17-29(34)31-30-18-26-23-12-6-5-11-22(23)15-16-28(26)33/h2-16,18,33H,17,19H2,1H3,(H,31,34)/b30-18+. The van der Waals surface area contributed by atoms with E-state index in [9.17, 15) is 9.90 Å². The molecule has 0 bridgehead atoms. The van der Waals surface area contributed by atoms with Crippen molar-refractivity contribution < 1.29 is 9.90 Å². The van der Waals surface area contributed by atoms with E-state index in [1.165, 1.54) is 11.8 Å². The first-order valence-electron chi connectivity index (χ1n) is 11.2. The van der Waals surface area contributed by atoms with E-state index in [4.69, 9.17) is 0 Å². The summed E-state index contributed by atoms with van der Waals surface area (Å²) in [5, 5.41) is 17.4. The van der Waals surface area contributed by atoms with Gasteiger partial charge in [0.1, 0.15) is 5.75 Å². The number of amides is 1. The molecule has 0 aliphatic rings. The van der Waals surface area contributed by atoms with Crippen LogP contribution in [0, 0.1) is 6.92 Å². The van der Waals surface area contributed by atoms with E-state index in [1.54, 1.807) is 6.07 Å². The molecule has 5 nitrogen and oxygen atoms in total. The van der Waals surface area contributed by atoms with Crippen molar-refractivity contribution in [1.29, 1.82) is 0 Å². The fourth-order valence-electron chi connectivity index (χ4n) is 4.48. The third kappa shape index (κ3) is 4.16. The molecule has 2 N–H and O–H groups in total. The number of benzene rings is 4. The van der Waals surface area contributed by atoms with Crippen LogP contribution in [0.15, 0.2) is 96.1 Å². The predicted octanol–water partition coefficient (Wildman–Crippen LogP) is 5.55. The van der Waals surface area contributed by atoms with Crippen molar-refractivity contribution in [1.82, 2.24) is 9.99 Å². The van der Waals surface area contributed by atoms with Gasteiger partial charge in [-0.3, -0.25) is 4.79 Å². The fourth-order valence-corrected chi connectivity index (χ4v) is 4.48. The van der Waals surface area contributed by atoms with Gasteiger partial charge < -0.3 is 9.67 Å². The minimum Gasteiger partial charge on any atom is -0.507 e. The molecule has 5 aromatic rings. The quantitative estimate of drug-likeness (QED) is 0.265.